The molecule has 2 rings (SSSR count). The molecule has 0 bridgehead atoms. The summed E-state index contributed by atoms with van der Waals surface area (Å²) in [5.74, 6) is 0.926. The van der Waals surface area contributed by atoms with Gasteiger partial charge in [-0.2, -0.15) is 0 Å². The molecule has 1 aromatic heterocycles. The van der Waals surface area contributed by atoms with E-state index in [1.54, 1.807) is 7.11 Å². The zero-order chi connectivity index (χ0) is 13.1. The zero-order valence-corrected chi connectivity index (χ0v) is 11.7. The molecular formula is C15H22N2O. The fraction of sp³-hybridized carbons (Fsp3) is 0.467. The number of hydrogen-bond acceptors (Lipinski definition) is 2. The van der Waals surface area contributed by atoms with E-state index in [9.17, 15) is 0 Å². The SMILES string of the molecule is COc1ccc2[nH]c(C)c(CCCN(C)C)c2c1. The van der Waals surface area contributed by atoms with Crippen molar-refractivity contribution in [1.82, 2.24) is 9.88 Å². The first kappa shape index (κ1) is 13.0. The predicted molar refractivity (Wildman–Crippen MR) is 76.5 cm³/mol. The van der Waals surface area contributed by atoms with Crippen LogP contribution in [-0.4, -0.2) is 37.6 Å². The minimum absolute atomic E-state index is 0.926. The smallest absolute Gasteiger partial charge is 0.119 e. The van der Waals surface area contributed by atoms with Crippen LogP contribution in [0.3, 0.4) is 0 Å². The maximum atomic E-state index is 5.31. The maximum Gasteiger partial charge on any atom is 0.119 e. The van der Waals surface area contributed by atoms with Crippen LogP contribution in [0.2, 0.25) is 0 Å². The first-order valence-corrected chi connectivity index (χ1v) is 6.41. The Labute approximate surface area is 109 Å². The third-order valence-corrected chi connectivity index (χ3v) is 3.36. The topological polar surface area (TPSA) is 28.3 Å². The molecule has 0 radical (unpaired) electrons. The summed E-state index contributed by atoms with van der Waals surface area (Å²) >= 11 is 0. The fourth-order valence-electron chi connectivity index (χ4n) is 2.38. The summed E-state index contributed by atoms with van der Waals surface area (Å²) in [4.78, 5) is 5.67. The molecule has 0 fully saturated rings. The van der Waals surface area contributed by atoms with Crippen molar-refractivity contribution in [3.63, 3.8) is 0 Å². The van der Waals surface area contributed by atoms with E-state index in [0.29, 0.717) is 0 Å². The number of rotatable bonds is 5. The number of aromatic amines is 1. The second-order valence-electron chi connectivity index (χ2n) is 5.05. The second-order valence-corrected chi connectivity index (χ2v) is 5.05. The Morgan fingerprint density at radius 1 is 1.28 bits per heavy atom. The Kier molecular flexibility index (Phi) is 3.92. The standard InChI is InChI=1S/C15H22N2O/c1-11-13(6-5-9-17(2)3)14-10-12(18-4)7-8-15(14)16-11/h7-8,10,16H,5-6,9H2,1-4H3. The molecule has 0 aliphatic rings. The Balaban J connectivity index is 2.27. The third kappa shape index (κ3) is 2.67. The zero-order valence-electron chi connectivity index (χ0n) is 11.7. The summed E-state index contributed by atoms with van der Waals surface area (Å²) in [7, 11) is 5.95. The molecular weight excluding hydrogens is 224 g/mol. The first-order chi connectivity index (χ1) is 8.61. The van der Waals surface area contributed by atoms with Gasteiger partial charge in [-0.25, -0.2) is 0 Å². The summed E-state index contributed by atoms with van der Waals surface area (Å²) in [5.41, 5.74) is 3.90. The van der Waals surface area contributed by atoms with Crippen molar-refractivity contribution in [3.05, 3.63) is 29.5 Å². The van der Waals surface area contributed by atoms with Crippen LogP contribution in [0.4, 0.5) is 0 Å². The highest BCUT2D eigenvalue weighted by Crippen LogP contribution is 2.27. The number of hydrogen-bond donors (Lipinski definition) is 1. The van der Waals surface area contributed by atoms with Crippen molar-refractivity contribution >= 4 is 10.9 Å². The van der Waals surface area contributed by atoms with Crippen molar-refractivity contribution in [2.45, 2.75) is 19.8 Å². The highest BCUT2D eigenvalue weighted by Gasteiger charge is 2.09. The van der Waals surface area contributed by atoms with Crippen molar-refractivity contribution in [2.24, 2.45) is 0 Å². The Bertz CT molecular complexity index is 529. The van der Waals surface area contributed by atoms with E-state index in [1.807, 2.05) is 6.07 Å². The highest BCUT2D eigenvalue weighted by molar-refractivity contribution is 5.86. The number of aromatic nitrogens is 1. The molecule has 0 saturated heterocycles. The van der Waals surface area contributed by atoms with E-state index in [2.05, 4.69) is 43.0 Å². The minimum atomic E-state index is 0.926. The second kappa shape index (κ2) is 5.44. The molecule has 0 amide bonds. The molecule has 18 heavy (non-hydrogen) atoms. The lowest BCUT2D eigenvalue weighted by Crippen LogP contribution is -2.13. The fourth-order valence-corrected chi connectivity index (χ4v) is 2.38. The normalized spacial score (nSPS) is 11.4. The van der Waals surface area contributed by atoms with Gasteiger partial charge in [0.2, 0.25) is 0 Å². The summed E-state index contributed by atoms with van der Waals surface area (Å²) < 4.78 is 5.31. The number of nitrogens with zero attached hydrogens (tertiary/aromatic N) is 1. The van der Waals surface area contributed by atoms with Crippen LogP contribution in [0.1, 0.15) is 17.7 Å². The van der Waals surface area contributed by atoms with E-state index in [1.165, 1.54) is 28.6 Å². The van der Waals surface area contributed by atoms with Crippen LogP contribution in [0.25, 0.3) is 10.9 Å². The van der Waals surface area contributed by atoms with E-state index >= 15 is 0 Å². The molecule has 0 spiro atoms. The van der Waals surface area contributed by atoms with E-state index in [0.717, 1.165) is 18.7 Å². The van der Waals surface area contributed by atoms with Gasteiger partial charge in [-0.1, -0.05) is 0 Å². The Hall–Kier alpha value is -1.48. The van der Waals surface area contributed by atoms with Gasteiger partial charge in [-0.15, -0.1) is 0 Å². The number of nitrogens with one attached hydrogen (secondary N) is 1. The van der Waals surface area contributed by atoms with Crippen LogP contribution in [0, 0.1) is 6.92 Å². The van der Waals surface area contributed by atoms with Gasteiger partial charge in [-0.05, 0) is 64.2 Å². The van der Waals surface area contributed by atoms with Crippen molar-refractivity contribution < 1.29 is 4.74 Å². The molecule has 0 aliphatic heterocycles. The van der Waals surface area contributed by atoms with Gasteiger partial charge >= 0.3 is 0 Å². The lowest BCUT2D eigenvalue weighted by Gasteiger charge is -2.09. The average Bonchev–Trinajstić information content (AvgIpc) is 2.64. The number of benzene rings is 1. The first-order valence-electron chi connectivity index (χ1n) is 6.41. The van der Waals surface area contributed by atoms with Crippen LogP contribution in [-0.2, 0) is 6.42 Å². The molecule has 0 atom stereocenters. The summed E-state index contributed by atoms with van der Waals surface area (Å²) in [6.45, 7) is 3.27. The minimum Gasteiger partial charge on any atom is -0.497 e. The van der Waals surface area contributed by atoms with Gasteiger partial charge in [-0.3, -0.25) is 0 Å². The van der Waals surface area contributed by atoms with Gasteiger partial charge in [0.05, 0.1) is 7.11 Å². The number of fused-ring (bicyclic) bond motifs is 1. The number of ether oxygens (including phenoxy) is 1. The number of aryl methyl sites for hydroxylation is 2. The Morgan fingerprint density at radius 2 is 2.06 bits per heavy atom. The van der Waals surface area contributed by atoms with Gasteiger partial charge in [0.15, 0.2) is 0 Å². The number of methoxy groups -OCH3 is 1. The molecule has 98 valence electrons. The molecule has 1 aromatic carbocycles. The van der Waals surface area contributed by atoms with Crippen LogP contribution in [0.5, 0.6) is 5.75 Å². The molecule has 1 N–H and O–H groups in total. The lowest BCUT2D eigenvalue weighted by molar-refractivity contribution is 0.400. The molecule has 0 unspecified atom stereocenters. The molecule has 2 aromatic rings. The van der Waals surface area contributed by atoms with Gasteiger partial charge in [0.25, 0.3) is 0 Å². The molecule has 0 aliphatic carbocycles. The van der Waals surface area contributed by atoms with Crippen LogP contribution < -0.4 is 4.74 Å². The Morgan fingerprint density at radius 3 is 2.72 bits per heavy atom. The van der Waals surface area contributed by atoms with Gasteiger partial charge in [0.1, 0.15) is 5.75 Å². The van der Waals surface area contributed by atoms with Gasteiger partial charge < -0.3 is 14.6 Å². The highest BCUT2D eigenvalue weighted by atomic mass is 16.5. The third-order valence-electron chi connectivity index (χ3n) is 3.36. The molecule has 3 nitrogen and oxygen atoms in total. The summed E-state index contributed by atoms with van der Waals surface area (Å²) in [6, 6.07) is 6.22. The van der Waals surface area contributed by atoms with Gasteiger partial charge in [0, 0.05) is 16.6 Å². The predicted octanol–water partition coefficient (Wildman–Crippen LogP) is 2.98. The van der Waals surface area contributed by atoms with Crippen molar-refractivity contribution in [3.8, 4) is 5.75 Å². The lowest BCUT2D eigenvalue weighted by atomic mass is 10.1. The van der Waals surface area contributed by atoms with Crippen molar-refractivity contribution in [1.29, 1.82) is 0 Å². The summed E-state index contributed by atoms with van der Waals surface area (Å²) in [5, 5.41) is 1.30. The molecule has 3 heteroatoms. The van der Waals surface area contributed by atoms with Crippen molar-refractivity contribution in [2.75, 3.05) is 27.7 Å². The average molecular weight is 246 g/mol. The van der Waals surface area contributed by atoms with Crippen LogP contribution in [0.15, 0.2) is 18.2 Å². The van der Waals surface area contributed by atoms with E-state index in [-0.39, 0.29) is 0 Å². The van der Waals surface area contributed by atoms with E-state index < -0.39 is 0 Å². The number of H-pyrrole nitrogens is 1. The molecule has 1 heterocycles. The molecule has 0 saturated carbocycles. The van der Waals surface area contributed by atoms with E-state index in [4.69, 9.17) is 4.74 Å². The quantitative estimate of drug-likeness (QED) is 0.878. The maximum absolute atomic E-state index is 5.31. The summed E-state index contributed by atoms with van der Waals surface area (Å²) in [6.07, 6.45) is 2.29. The largest absolute Gasteiger partial charge is 0.497 e. The monoisotopic (exact) mass is 246 g/mol. The van der Waals surface area contributed by atoms with Crippen LogP contribution >= 0.6 is 0 Å².